The molecule has 0 radical (unpaired) electrons. The first kappa shape index (κ1) is 19.9. The Morgan fingerprint density at radius 3 is 1.71 bits per heavy atom. The van der Waals surface area contributed by atoms with Crippen LogP contribution in [-0.2, 0) is 50.3 Å². The number of ether oxygens (including phenoxy) is 4. The zero-order valence-corrected chi connectivity index (χ0v) is 17.7. The Kier molecular flexibility index (Phi) is 4.90. The normalized spacial score (nSPS) is 28.5. The van der Waals surface area contributed by atoms with Crippen LogP contribution in [0.25, 0.3) is 0 Å². The predicted octanol–water partition coefficient (Wildman–Crippen LogP) is 1.57. The maximum atomic E-state index is 6.90. The molecule has 0 aliphatic carbocycles. The molecule has 6 rings (SSSR count). The largest absolute Gasteiger partial charge is 0.373 e. The summed E-state index contributed by atoms with van der Waals surface area (Å²) in [5, 5.41) is 0. The summed E-state index contributed by atoms with van der Waals surface area (Å²) in [4.78, 5) is 0. The van der Waals surface area contributed by atoms with Gasteiger partial charge in [-0.05, 0) is 33.4 Å². The summed E-state index contributed by atoms with van der Waals surface area (Å²) in [5.74, 6) is 0. The number of hydrogen-bond donors (Lipinski definition) is 2. The van der Waals surface area contributed by atoms with Crippen molar-refractivity contribution in [3.8, 4) is 0 Å². The lowest BCUT2D eigenvalue weighted by Gasteiger charge is -2.32. The summed E-state index contributed by atoms with van der Waals surface area (Å²) >= 11 is 0. The van der Waals surface area contributed by atoms with Gasteiger partial charge in [-0.1, -0.05) is 36.4 Å². The van der Waals surface area contributed by atoms with Gasteiger partial charge in [0.2, 0.25) is 0 Å². The molecule has 31 heavy (non-hydrogen) atoms. The molecule has 0 amide bonds. The Morgan fingerprint density at radius 2 is 1.16 bits per heavy atom. The van der Waals surface area contributed by atoms with Crippen LogP contribution < -0.4 is 11.5 Å². The van der Waals surface area contributed by atoms with Crippen molar-refractivity contribution in [1.29, 1.82) is 0 Å². The Morgan fingerprint density at radius 1 is 0.677 bits per heavy atom. The van der Waals surface area contributed by atoms with Crippen LogP contribution in [0.15, 0.2) is 36.4 Å². The summed E-state index contributed by atoms with van der Waals surface area (Å²) in [6.07, 6.45) is 4.65. The molecule has 0 bridgehead atoms. The number of rotatable bonds is 10. The first-order valence-corrected chi connectivity index (χ1v) is 11.3. The van der Waals surface area contributed by atoms with Crippen LogP contribution in [-0.4, -0.2) is 50.8 Å². The molecule has 6 heteroatoms. The molecule has 3 unspecified atom stereocenters. The average Bonchev–Trinajstić information content (AvgIpc) is 3.60. The molecule has 2 aromatic carbocycles. The van der Waals surface area contributed by atoms with Crippen molar-refractivity contribution in [3.63, 3.8) is 0 Å². The van der Waals surface area contributed by atoms with Crippen LogP contribution in [0.3, 0.4) is 0 Å². The standard InChI is InChI=1S/C25H30N2O4/c26-25(27,16-4-2-1-3-5-16)24-7-15(6-17-11-28-17)21(8-18-12-29-18)22(9-19-13-30-19)23(24)10-20-14-31-20/h1-5,7,17-20H,6,8-14,26-27H2/t17?,18?,19?,20-/m1/s1. The quantitative estimate of drug-likeness (QED) is 0.445. The second-order valence-corrected chi connectivity index (χ2v) is 9.39. The summed E-state index contributed by atoms with van der Waals surface area (Å²) in [5.41, 5.74) is 19.9. The van der Waals surface area contributed by atoms with Gasteiger partial charge in [0.15, 0.2) is 0 Å². The molecule has 4 aliphatic heterocycles. The highest BCUT2D eigenvalue weighted by Gasteiger charge is 2.38. The summed E-state index contributed by atoms with van der Waals surface area (Å²) < 4.78 is 22.5. The van der Waals surface area contributed by atoms with Gasteiger partial charge < -0.3 is 30.4 Å². The molecule has 4 heterocycles. The van der Waals surface area contributed by atoms with Crippen molar-refractivity contribution < 1.29 is 18.9 Å². The minimum atomic E-state index is -1.08. The first-order chi connectivity index (χ1) is 15.1. The lowest BCUT2D eigenvalue weighted by molar-refractivity contribution is 0.394. The summed E-state index contributed by atoms with van der Waals surface area (Å²) in [6, 6.07) is 12.2. The fourth-order valence-corrected chi connectivity index (χ4v) is 4.71. The van der Waals surface area contributed by atoms with Crippen molar-refractivity contribution in [3.05, 3.63) is 69.8 Å². The molecule has 0 saturated carbocycles. The van der Waals surface area contributed by atoms with Crippen molar-refractivity contribution in [2.24, 2.45) is 11.5 Å². The van der Waals surface area contributed by atoms with E-state index in [-0.39, 0.29) is 18.3 Å². The lowest BCUT2D eigenvalue weighted by atomic mass is 9.79. The monoisotopic (exact) mass is 422 g/mol. The number of nitrogens with two attached hydrogens (primary N) is 2. The van der Waals surface area contributed by atoms with E-state index >= 15 is 0 Å². The molecule has 4 aliphatic rings. The maximum Gasteiger partial charge on any atom is 0.117 e. The predicted molar refractivity (Wildman–Crippen MR) is 116 cm³/mol. The van der Waals surface area contributed by atoms with E-state index in [0.29, 0.717) is 6.10 Å². The van der Waals surface area contributed by atoms with Gasteiger partial charge in [-0.3, -0.25) is 0 Å². The lowest BCUT2D eigenvalue weighted by Crippen LogP contribution is -2.48. The molecule has 4 saturated heterocycles. The fourth-order valence-electron chi connectivity index (χ4n) is 4.71. The van der Waals surface area contributed by atoms with Gasteiger partial charge >= 0.3 is 0 Å². The van der Waals surface area contributed by atoms with E-state index in [1.165, 1.54) is 22.3 Å². The number of hydrogen-bond acceptors (Lipinski definition) is 6. The Hall–Kier alpha value is -1.80. The van der Waals surface area contributed by atoms with Gasteiger partial charge in [-0.2, -0.15) is 0 Å². The fraction of sp³-hybridized carbons (Fsp3) is 0.520. The van der Waals surface area contributed by atoms with Gasteiger partial charge in [0.1, 0.15) is 5.66 Å². The highest BCUT2D eigenvalue weighted by molar-refractivity contribution is 5.53. The molecule has 0 spiro atoms. The van der Waals surface area contributed by atoms with Crippen LogP contribution in [0.4, 0.5) is 0 Å². The van der Waals surface area contributed by atoms with Crippen LogP contribution in [0.1, 0.15) is 33.4 Å². The number of epoxide rings is 4. The highest BCUT2D eigenvalue weighted by atomic mass is 16.6. The highest BCUT2D eigenvalue weighted by Crippen LogP contribution is 2.38. The van der Waals surface area contributed by atoms with Crippen LogP contribution in [0.2, 0.25) is 0 Å². The number of benzene rings is 2. The molecule has 4 N–H and O–H groups in total. The van der Waals surface area contributed by atoms with Crippen molar-refractivity contribution >= 4 is 0 Å². The SMILES string of the molecule is NC(N)(c1ccccc1)c1cc(CC2CO2)c(CC2CO2)c(CC2CO2)c1C[C@@H]1CO1. The third-order valence-electron chi connectivity index (χ3n) is 6.81. The van der Waals surface area contributed by atoms with E-state index in [2.05, 4.69) is 6.07 Å². The second kappa shape index (κ2) is 7.66. The van der Waals surface area contributed by atoms with Crippen LogP contribution >= 0.6 is 0 Å². The van der Waals surface area contributed by atoms with E-state index in [1.54, 1.807) is 0 Å². The first-order valence-electron chi connectivity index (χ1n) is 11.3. The van der Waals surface area contributed by atoms with E-state index in [9.17, 15) is 0 Å². The topological polar surface area (TPSA) is 102 Å². The van der Waals surface area contributed by atoms with Gasteiger partial charge in [-0.15, -0.1) is 0 Å². The van der Waals surface area contributed by atoms with E-state index in [0.717, 1.165) is 63.2 Å². The van der Waals surface area contributed by atoms with Gasteiger partial charge in [0.25, 0.3) is 0 Å². The van der Waals surface area contributed by atoms with Crippen LogP contribution in [0.5, 0.6) is 0 Å². The second-order valence-electron chi connectivity index (χ2n) is 9.39. The summed E-state index contributed by atoms with van der Waals surface area (Å²) in [7, 11) is 0. The van der Waals surface area contributed by atoms with Crippen molar-refractivity contribution in [2.45, 2.75) is 55.8 Å². The summed E-state index contributed by atoms with van der Waals surface area (Å²) in [6.45, 7) is 3.27. The maximum absolute atomic E-state index is 6.90. The minimum absolute atomic E-state index is 0.242. The molecule has 164 valence electrons. The Bertz CT molecular complexity index is 961. The van der Waals surface area contributed by atoms with Crippen molar-refractivity contribution in [2.75, 3.05) is 26.4 Å². The van der Waals surface area contributed by atoms with Gasteiger partial charge in [0, 0.05) is 25.7 Å². The Balaban J connectivity index is 1.52. The molecule has 4 atom stereocenters. The van der Waals surface area contributed by atoms with E-state index in [4.69, 9.17) is 30.4 Å². The van der Waals surface area contributed by atoms with Crippen molar-refractivity contribution in [1.82, 2.24) is 0 Å². The van der Waals surface area contributed by atoms with Crippen LogP contribution in [0, 0.1) is 0 Å². The average molecular weight is 423 g/mol. The Labute approximate surface area is 182 Å². The van der Waals surface area contributed by atoms with Gasteiger partial charge in [0.05, 0.1) is 50.8 Å². The third-order valence-corrected chi connectivity index (χ3v) is 6.81. The smallest absolute Gasteiger partial charge is 0.117 e. The molecular weight excluding hydrogens is 392 g/mol. The molecular formula is C25H30N2O4. The van der Waals surface area contributed by atoms with E-state index < -0.39 is 5.66 Å². The minimum Gasteiger partial charge on any atom is -0.373 e. The van der Waals surface area contributed by atoms with Gasteiger partial charge in [-0.25, -0.2) is 0 Å². The molecule has 6 nitrogen and oxygen atoms in total. The van der Waals surface area contributed by atoms with E-state index in [1.807, 2.05) is 30.3 Å². The molecule has 2 aromatic rings. The third kappa shape index (κ3) is 4.42. The molecule has 4 fully saturated rings. The molecule has 0 aromatic heterocycles. The zero-order chi connectivity index (χ0) is 21.0. The zero-order valence-electron chi connectivity index (χ0n) is 17.7.